The standard InChI is InChI=1S/C20H31N3O2/c1-3-23(2)20(25)17-10-8-9-16(15-17)19(24)22-14-13-21-18-11-6-4-5-7-12-18/h8-10,15,18,21H,3-7,11-14H2,1-2H3,(H,22,24). The summed E-state index contributed by atoms with van der Waals surface area (Å²) >= 11 is 0. The minimum Gasteiger partial charge on any atom is -0.351 e. The Balaban J connectivity index is 1.79. The minimum atomic E-state index is -0.128. The van der Waals surface area contributed by atoms with Crippen molar-refractivity contribution in [2.45, 2.75) is 51.5 Å². The van der Waals surface area contributed by atoms with Crippen LogP contribution in [0.15, 0.2) is 24.3 Å². The van der Waals surface area contributed by atoms with E-state index in [2.05, 4.69) is 10.6 Å². The van der Waals surface area contributed by atoms with E-state index in [4.69, 9.17) is 0 Å². The molecule has 138 valence electrons. The largest absolute Gasteiger partial charge is 0.351 e. The van der Waals surface area contributed by atoms with Gasteiger partial charge in [-0.25, -0.2) is 0 Å². The molecule has 2 N–H and O–H groups in total. The van der Waals surface area contributed by atoms with Crippen LogP contribution in [0.3, 0.4) is 0 Å². The summed E-state index contributed by atoms with van der Waals surface area (Å²) in [6.45, 7) is 3.95. The summed E-state index contributed by atoms with van der Waals surface area (Å²) in [4.78, 5) is 26.1. The number of nitrogens with one attached hydrogen (secondary N) is 2. The van der Waals surface area contributed by atoms with E-state index in [0.29, 0.717) is 30.3 Å². The van der Waals surface area contributed by atoms with E-state index in [0.717, 1.165) is 6.54 Å². The Bertz CT molecular complexity index is 566. The van der Waals surface area contributed by atoms with Gasteiger partial charge < -0.3 is 15.5 Å². The van der Waals surface area contributed by atoms with E-state index in [1.807, 2.05) is 6.92 Å². The van der Waals surface area contributed by atoms with E-state index in [1.54, 1.807) is 36.2 Å². The number of carbonyl (C=O) groups excluding carboxylic acids is 2. The quantitative estimate of drug-likeness (QED) is 0.590. The highest BCUT2D eigenvalue weighted by molar-refractivity contribution is 5.99. The SMILES string of the molecule is CCN(C)C(=O)c1cccc(C(=O)NCCNC2CCCCCC2)c1. The van der Waals surface area contributed by atoms with Gasteiger partial charge in [-0.2, -0.15) is 0 Å². The number of benzene rings is 1. The summed E-state index contributed by atoms with van der Waals surface area (Å²) in [6, 6.07) is 7.51. The van der Waals surface area contributed by atoms with Crippen molar-refractivity contribution >= 4 is 11.8 Å². The lowest BCUT2D eigenvalue weighted by atomic mass is 10.1. The van der Waals surface area contributed by atoms with Crippen LogP contribution in [0, 0.1) is 0 Å². The molecule has 0 heterocycles. The third-order valence-corrected chi connectivity index (χ3v) is 4.89. The fourth-order valence-corrected chi connectivity index (χ4v) is 3.20. The maximum absolute atomic E-state index is 12.3. The molecule has 1 aromatic rings. The van der Waals surface area contributed by atoms with E-state index >= 15 is 0 Å². The predicted octanol–water partition coefficient (Wildman–Crippen LogP) is 2.82. The normalized spacial score (nSPS) is 15.4. The van der Waals surface area contributed by atoms with Crippen LogP contribution in [0.4, 0.5) is 0 Å². The van der Waals surface area contributed by atoms with Gasteiger partial charge >= 0.3 is 0 Å². The van der Waals surface area contributed by atoms with Gasteiger partial charge in [-0.05, 0) is 38.0 Å². The highest BCUT2D eigenvalue weighted by Crippen LogP contribution is 2.16. The summed E-state index contributed by atoms with van der Waals surface area (Å²) in [5, 5.41) is 6.48. The van der Waals surface area contributed by atoms with Gasteiger partial charge in [-0.3, -0.25) is 9.59 Å². The summed E-state index contributed by atoms with van der Waals surface area (Å²) in [5.41, 5.74) is 1.08. The summed E-state index contributed by atoms with van der Waals surface area (Å²) < 4.78 is 0. The van der Waals surface area contributed by atoms with E-state index in [-0.39, 0.29) is 11.8 Å². The molecule has 1 aromatic carbocycles. The maximum atomic E-state index is 12.3. The van der Waals surface area contributed by atoms with Crippen LogP contribution in [0.1, 0.15) is 66.2 Å². The number of amides is 2. The predicted molar refractivity (Wildman–Crippen MR) is 101 cm³/mol. The number of nitrogens with zero attached hydrogens (tertiary/aromatic N) is 1. The van der Waals surface area contributed by atoms with Crippen LogP contribution in [0.2, 0.25) is 0 Å². The first-order valence-corrected chi connectivity index (χ1v) is 9.49. The van der Waals surface area contributed by atoms with Crippen molar-refractivity contribution in [3.05, 3.63) is 35.4 Å². The molecule has 2 rings (SSSR count). The first-order chi connectivity index (χ1) is 12.1. The lowest BCUT2D eigenvalue weighted by Gasteiger charge is -2.16. The lowest BCUT2D eigenvalue weighted by Crippen LogP contribution is -2.37. The highest BCUT2D eigenvalue weighted by atomic mass is 16.2. The molecule has 5 heteroatoms. The second-order valence-corrected chi connectivity index (χ2v) is 6.80. The molecule has 0 radical (unpaired) electrons. The van der Waals surface area contributed by atoms with Crippen molar-refractivity contribution in [2.75, 3.05) is 26.7 Å². The molecule has 0 unspecified atom stereocenters. The Hall–Kier alpha value is -1.88. The third kappa shape index (κ3) is 6.16. The Kier molecular flexibility index (Phi) is 7.92. The van der Waals surface area contributed by atoms with E-state index in [9.17, 15) is 9.59 Å². The first kappa shape index (κ1) is 19.4. The minimum absolute atomic E-state index is 0.0628. The molecule has 0 bridgehead atoms. The Labute approximate surface area is 151 Å². The Morgan fingerprint density at radius 1 is 1.08 bits per heavy atom. The molecule has 0 atom stereocenters. The molecule has 1 saturated carbocycles. The second-order valence-electron chi connectivity index (χ2n) is 6.80. The average molecular weight is 345 g/mol. The smallest absolute Gasteiger partial charge is 0.253 e. The molecule has 1 fully saturated rings. The number of hydrogen-bond donors (Lipinski definition) is 2. The maximum Gasteiger partial charge on any atom is 0.253 e. The van der Waals surface area contributed by atoms with Gasteiger partial charge in [0.05, 0.1) is 0 Å². The van der Waals surface area contributed by atoms with Crippen molar-refractivity contribution in [3.8, 4) is 0 Å². The van der Waals surface area contributed by atoms with Gasteiger partial charge in [0.15, 0.2) is 0 Å². The molecule has 0 saturated heterocycles. The topological polar surface area (TPSA) is 61.4 Å². The lowest BCUT2D eigenvalue weighted by molar-refractivity contribution is 0.0802. The Morgan fingerprint density at radius 2 is 1.76 bits per heavy atom. The van der Waals surface area contributed by atoms with Gasteiger partial charge in [-0.15, -0.1) is 0 Å². The summed E-state index contributed by atoms with van der Waals surface area (Å²) in [7, 11) is 1.76. The van der Waals surface area contributed by atoms with E-state index < -0.39 is 0 Å². The van der Waals surface area contributed by atoms with Crippen LogP contribution >= 0.6 is 0 Å². The van der Waals surface area contributed by atoms with Gasteiger partial charge in [0, 0.05) is 43.9 Å². The van der Waals surface area contributed by atoms with Crippen LogP contribution in [0.5, 0.6) is 0 Å². The van der Waals surface area contributed by atoms with Crippen molar-refractivity contribution < 1.29 is 9.59 Å². The van der Waals surface area contributed by atoms with Gasteiger partial charge in [-0.1, -0.05) is 31.7 Å². The molecule has 0 aliphatic heterocycles. The van der Waals surface area contributed by atoms with Crippen molar-refractivity contribution in [3.63, 3.8) is 0 Å². The fourth-order valence-electron chi connectivity index (χ4n) is 3.20. The van der Waals surface area contributed by atoms with Crippen molar-refractivity contribution in [1.82, 2.24) is 15.5 Å². The highest BCUT2D eigenvalue weighted by Gasteiger charge is 2.14. The fraction of sp³-hybridized carbons (Fsp3) is 0.600. The van der Waals surface area contributed by atoms with Crippen LogP contribution in [-0.4, -0.2) is 49.4 Å². The molecule has 0 spiro atoms. The zero-order valence-electron chi connectivity index (χ0n) is 15.5. The van der Waals surface area contributed by atoms with Crippen LogP contribution in [-0.2, 0) is 0 Å². The van der Waals surface area contributed by atoms with Gasteiger partial charge in [0.25, 0.3) is 11.8 Å². The molecule has 1 aliphatic rings. The molecule has 2 amide bonds. The molecule has 5 nitrogen and oxygen atoms in total. The molecule has 0 aromatic heterocycles. The van der Waals surface area contributed by atoms with Gasteiger partial charge in [0.1, 0.15) is 0 Å². The third-order valence-electron chi connectivity index (χ3n) is 4.89. The number of carbonyl (C=O) groups is 2. The molecular weight excluding hydrogens is 314 g/mol. The van der Waals surface area contributed by atoms with E-state index in [1.165, 1.54) is 38.5 Å². The average Bonchev–Trinajstić information content (AvgIpc) is 2.92. The van der Waals surface area contributed by atoms with Crippen molar-refractivity contribution in [1.29, 1.82) is 0 Å². The Morgan fingerprint density at radius 3 is 2.44 bits per heavy atom. The van der Waals surface area contributed by atoms with Crippen molar-refractivity contribution in [2.24, 2.45) is 0 Å². The number of hydrogen-bond acceptors (Lipinski definition) is 3. The number of rotatable bonds is 7. The van der Waals surface area contributed by atoms with Gasteiger partial charge in [0.2, 0.25) is 0 Å². The first-order valence-electron chi connectivity index (χ1n) is 9.49. The molecule has 1 aliphatic carbocycles. The second kappa shape index (κ2) is 10.2. The van der Waals surface area contributed by atoms with Crippen LogP contribution in [0.25, 0.3) is 0 Å². The van der Waals surface area contributed by atoms with Crippen LogP contribution < -0.4 is 10.6 Å². The molecule has 25 heavy (non-hydrogen) atoms. The molecular formula is C20H31N3O2. The monoisotopic (exact) mass is 345 g/mol. The zero-order valence-corrected chi connectivity index (χ0v) is 15.5. The summed E-state index contributed by atoms with van der Waals surface area (Å²) in [5.74, 6) is -0.191. The summed E-state index contributed by atoms with van der Waals surface area (Å²) in [6.07, 6.45) is 7.77. The zero-order chi connectivity index (χ0) is 18.1.